The number of rotatable bonds is 6. The number of tetrazole rings is 1. The van der Waals surface area contributed by atoms with Crippen LogP contribution in [0.15, 0.2) is 58.6 Å². The highest BCUT2D eigenvalue weighted by Gasteiger charge is 2.10. The van der Waals surface area contributed by atoms with Gasteiger partial charge in [-0.1, -0.05) is 30.0 Å². The van der Waals surface area contributed by atoms with E-state index in [1.807, 2.05) is 43.3 Å². The van der Waals surface area contributed by atoms with Crippen molar-refractivity contribution in [2.45, 2.75) is 24.4 Å². The maximum atomic E-state index is 12.3. The van der Waals surface area contributed by atoms with Crippen LogP contribution in [0.3, 0.4) is 0 Å². The van der Waals surface area contributed by atoms with Gasteiger partial charge in [-0.2, -0.15) is 0 Å². The standard InChI is InChI=1S/C19H18N6O2S/c1-13-4-3-9-24-17(26)10-15(20-18(13)24)12-28-19-21-22-23-25(19)11-14-5-7-16(27-2)8-6-14/h3-10H,11-12H2,1-2H3. The van der Waals surface area contributed by atoms with Crippen LogP contribution >= 0.6 is 11.8 Å². The topological polar surface area (TPSA) is 87.2 Å². The lowest BCUT2D eigenvalue weighted by molar-refractivity contribution is 0.414. The Hall–Kier alpha value is -3.20. The van der Waals surface area contributed by atoms with Gasteiger partial charge >= 0.3 is 0 Å². The summed E-state index contributed by atoms with van der Waals surface area (Å²) in [6.45, 7) is 2.49. The molecule has 0 radical (unpaired) electrons. The van der Waals surface area contributed by atoms with Crippen molar-refractivity contribution in [2.75, 3.05) is 7.11 Å². The Morgan fingerprint density at radius 1 is 1.18 bits per heavy atom. The molecule has 1 aromatic carbocycles. The van der Waals surface area contributed by atoms with Crippen molar-refractivity contribution in [1.29, 1.82) is 0 Å². The molecule has 0 aliphatic rings. The quantitative estimate of drug-likeness (QED) is 0.464. The van der Waals surface area contributed by atoms with Crippen molar-refractivity contribution in [3.63, 3.8) is 0 Å². The van der Waals surface area contributed by atoms with E-state index in [2.05, 4.69) is 20.5 Å². The molecule has 28 heavy (non-hydrogen) atoms. The Bertz CT molecular complexity index is 1170. The first-order valence-electron chi connectivity index (χ1n) is 8.64. The van der Waals surface area contributed by atoms with Gasteiger partial charge in [0.15, 0.2) is 0 Å². The molecule has 0 spiro atoms. The zero-order valence-corrected chi connectivity index (χ0v) is 16.3. The maximum absolute atomic E-state index is 12.3. The van der Waals surface area contributed by atoms with Gasteiger partial charge in [-0.15, -0.1) is 5.10 Å². The minimum atomic E-state index is -0.0953. The number of fused-ring (bicyclic) bond motifs is 1. The molecule has 3 aromatic heterocycles. The van der Waals surface area contributed by atoms with E-state index in [0.29, 0.717) is 28.8 Å². The smallest absolute Gasteiger partial charge is 0.258 e. The minimum absolute atomic E-state index is 0.0953. The van der Waals surface area contributed by atoms with Crippen LogP contribution in [-0.4, -0.2) is 36.7 Å². The molecule has 0 saturated carbocycles. The second-order valence-electron chi connectivity index (χ2n) is 6.23. The first-order chi connectivity index (χ1) is 13.6. The normalized spacial score (nSPS) is 11.1. The Kier molecular flexibility index (Phi) is 5.07. The van der Waals surface area contributed by atoms with Crippen molar-refractivity contribution in [1.82, 2.24) is 29.6 Å². The molecule has 0 aliphatic heterocycles. The second-order valence-corrected chi connectivity index (χ2v) is 7.17. The fraction of sp³-hybridized carbons (Fsp3) is 0.211. The third-order valence-corrected chi connectivity index (χ3v) is 5.27. The summed E-state index contributed by atoms with van der Waals surface area (Å²) in [5, 5.41) is 12.6. The van der Waals surface area contributed by atoms with Crippen molar-refractivity contribution < 1.29 is 4.74 Å². The third-order valence-electron chi connectivity index (χ3n) is 4.28. The van der Waals surface area contributed by atoms with Crippen molar-refractivity contribution in [3.05, 3.63) is 75.8 Å². The molecule has 0 unspecified atom stereocenters. The van der Waals surface area contributed by atoms with Crippen LogP contribution in [0, 0.1) is 6.92 Å². The number of pyridine rings is 1. The summed E-state index contributed by atoms with van der Waals surface area (Å²) in [5.41, 5.74) is 3.29. The van der Waals surface area contributed by atoms with Gasteiger partial charge in [0, 0.05) is 18.0 Å². The van der Waals surface area contributed by atoms with Gasteiger partial charge in [0.1, 0.15) is 11.4 Å². The SMILES string of the molecule is COc1ccc(Cn2nnnc2SCc2cc(=O)n3cccc(C)c3n2)cc1. The molecular weight excluding hydrogens is 376 g/mol. The first kappa shape index (κ1) is 18.2. The van der Waals surface area contributed by atoms with E-state index in [9.17, 15) is 4.79 Å². The molecule has 0 atom stereocenters. The molecule has 3 heterocycles. The maximum Gasteiger partial charge on any atom is 0.258 e. The van der Waals surface area contributed by atoms with Crippen molar-refractivity contribution >= 4 is 17.4 Å². The summed E-state index contributed by atoms with van der Waals surface area (Å²) >= 11 is 1.45. The summed E-state index contributed by atoms with van der Waals surface area (Å²) in [7, 11) is 1.64. The molecule has 0 saturated heterocycles. The fourth-order valence-electron chi connectivity index (χ4n) is 2.82. The lowest BCUT2D eigenvalue weighted by Crippen LogP contribution is -2.15. The first-order valence-corrected chi connectivity index (χ1v) is 9.62. The zero-order valence-electron chi connectivity index (χ0n) is 15.4. The predicted octanol–water partition coefficient (Wildman–Crippen LogP) is 2.34. The molecule has 4 rings (SSSR count). The Balaban J connectivity index is 1.51. The van der Waals surface area contributed by atoms with E-state index in [0.717, 1.165) is 16.9 Å². The van der Waals surface area contributed by atoms with Gasteiger partial charge in [0.25, 0.3) is 5.56 Å². The third kappa shape index (κ3) is 3.74. The van der Waals surface area contributed by atoms with Crippen molar-refractivity contribution in [2.24, 2.45) is 0 Å². The van der Waals surface area contributed by atoms with Crippen LogP contribution < -0.4 is 10.3 Å². The average molecular weight is 394 g/mol. The molecular formula is C19H18N6O2S. The summed E-state index contributed by atoms with van der Waals surface area (Å²) in [6, 6.07) is 13.1. The molecule has 8 nitrogen and oxygen atoms in total. The number of methoxy groups -OCH3 is 1. The van der Waals surface area contributed by atoms with E-state index >= 15 is 0 Å². The van der Waals surface area contributed by atoms with Crippen LogP contribution in [0.5, 0.6) is 5.75 Å². The van der Waals surface area contributed by atoms with Crippen LogP contribution in [0.1, 0.15) is 16.8 Å². The molecule has 0 bridgehead atoms. The number of aryl methyl sites for hydroxylation is 1. The van der Waals surface area contributed by atoms with E-state index < -0.39 is 0 Å². The number of thioether (sulfide) groups is 1. The van der Waals surface area contributed by atoms with Crippen molar-refractivity contribution in [3.8, 4) is 5.75 Å². The molecule has 0 aliphatic carbocycles. The summed E-state index contributed by atoms with van der Waals surface area (Å²) in [6.07, 6.45) is 1.73. The van der Waals surface area contributed by atoms with Crippen LogP contribution in [0.25, 0.3) is 5.65 Å². The molecule has 0 fully saturated rings. The van der Waals surface area contributed by atoms with Gasteiger partial charge in [-0.05, 0) is 46.7 Å². The fourth-order valence-corrected chi connectivity index (χ4v) is 3.59. The molecule has 0 amide bonds. The van der Waals surface area contributed by atoms with E-state index in [1.54, 1.807) is 28.5 Å². The molecule has 0 N–H and O–H groups in total. The number of ether oxygens (including phenoxy) is 1. The van der Waals surface area contributed by atoms with Gasteiger partial charge < -0.3 is 4.74 Å². The number of hydrogen-bond acceptors (Lipinski definition) is 7. The highest BCUT2D eigenvalue weighted by molar-refractivity contribution is 7.98. The van der Waals surface area contributed by atoms with Crippen LogP contribution in [0.2, 0.25) is 0 Å². The van der Waals surface area contributed by atoms with Gasteiger partial charge in [-0.25, -0.2) is 9.67 Å². The summed E-state index contributed by atoms with van der Waals surface area (Å²) in [5.74, 6) is 1.31. The van der Waals surface area contributed by atoms with Gasteiger partial charge in [-0.3, -0.25) is 9.20 Å². The number of benzene rings is 1. The van der Waals surface area contributed by atoms with E-state index in [4.69, 9.17) is 4.74 Å². The second kappa shape index (κ2) is 7.81. The zero-order chi connectivity index (χ0) is 19.5. The summed E-state index contributed by atoms with van der Waals surface area (Å²) in [4.78, 5) is 16.9. The molecule has 9 heteroatoms. The Morgan fingerprint density at radius 3 is 2.79 bits per heavy atom. The predicted molar refractivity (Wildman–Crippen MR) is 106 cm³/mol. The highest BCUT2D eigenvalue weighted by atomic mass is 32.2. The van der Waals surface area contributed by atoms with Gasteiger partial charge in [0.05, 0.1) is 19.3 Å². The average Bonchev–Trinajstić information content (AvgIpc) is 3.15. The lowest BCUT2D eigenvalue weighted by atomic mass is 10.2. The Labute approximate surface area is 165 Å². The molecule has 142 valence electrons. The van der Waals surface area contributed by atoms with E-state index in [1.165, 1.54) is 11.8 Å². The summed E-state index contributed by atoms with van der Waals surface area (Å²) < 4.78 is 8.46. The number of aromatic nitrogens is 6. The molecule has 4 aromatic rings. The highest BCUT2D eigenvalue weighted by Crippen LogP contribution is 2.20. The van der Waals surface area contributed by atoms with Gasteiger partial charge in [0.2, 0.25) is 5.16 Å². The Morgan fingerprint density at radius 2 is 2.00 bits per heavy atom. The van der Waals surface area contributed by atoms with Crippen LogP contribution in [-0.2, 0) is 12.3 Å². The lowest BCUT2D eigenvalue weighted by Gasteiger charge is -2.07. The number of hydrogen-bond donors (Lipinski definition) is 0. The monoisotopic (exact) mass is 394 g/mol. The number of nitrogens with zero attached hydrogens (tertiary/aromatic N) is 6. The largest absolute Gasteiger partial charge is 0.497 e. The van der Waals surface area contributed by atoms with E-state index in [-0.39, 0.29) is 5.56 Å². The van der Waals surface area contributed by atoms with Crippen LogP contribution in [0.4, 0.5) is 0 Å². The minimum Gasteiger partial charge on any atom is -0.497 e.